The molecule has 0 unspecified atom stereocenters. The second kappa shape index (κ2) is 6.37. The Morgan fingerprint density at radius 2 is 2.25 bits per heavy atom. The second-order valence-electron chi connectivity index (χ2n) is 6.45. The third-order valence-electron chi connectivity index (χ3n) is 4.71. The topological polar surface area (TPSA) is 63.3 Å². The molecule has 0 bridgehead atoms. The molecule has 1 aromatic carbocycles. The smallest absolute Gasteiger partial charge is 0.167 e. The largest absolute Gasteiger partial charge is 0.489 e. The predicted molar refractivity (Wildman–Crippen MR) is 90.8 cm³/mol. The fraction of sp³-hybridized carbons (Fsp3) is 0.444. The van der Waals surface area contributed by atoms with Crippen LogP contribution in [0.4, 0.5) is 0 Å². The molecule has 2 aromatic rings. The molecule has 3 heterocycles. The van der Waals surface area contributed by atoms with Gasteiger partial charge in [0.05, 0.1) is 12.1 Å². The summed E-state index contributed by atoms with van der Waals surface area (Å²) in [7, 11) is 1.77. The summed E-state index contributed by atoms with van der Waals surface area (Å²) in [6.45, 7) is 4.28. The number of para-hydroxylation sites is 1. The monoisotopic (exact) mass is 326 g/mol. The third kappa shape index (κ3) is 2.95. The first kappa shape index (κ1) is 15.4. The fourth-order valence-corrected chi connectivity index (χ4v) is 3.50. The van der Waals surface area contributed by atoms with Gasteiger partial charge in [0.25, 0.3) is 0 Å². The van der Waals surface area contributed by atoms with Crippen LogP contribution in [0, 0.1) is 6.92 Å². The number of rotatable bonds is 4. The molecule has 0 radical (unpaired) electrons. The van der Waals surface area contributed by atoms with Gasteiger partial charge in [-0.2, -0.15) is 5.10 Å². The minimum Gasteiger partial charge on any atom is -0.489 e. The number of aromatic nitrogens is 3. The molecular formula is C18H22N4O2. The second-order valence-corrected chi connectivity index (χ2v) is 6.45. The van der Waals surface area contributed by atoms with Crippen molar-refractivity contribution in [3.05, 3.63) is 47.1 Å². The van der Waals surface area contributed by atoms with Crippen molar-refractivity contribution in [3.63, 3.8) is 0 Å². The van der Waals surface area contributed by atoms with Crippen molar-refractivity contribution in [2.24, 2.45) is 0 Å². The lowest BCUT2D eigenvalue weighted by atomic mass is 10.1. The number of hydrogen-bond donors (Lipinski definition) is 1. The predicted octanol–water partition coefficient (Wildman–Crippen LogP) is 2.35. The van der Waals surface area contributed by atoms with E-state index in [4.69, 9.17) is 9.47 Å². The first-order valence-electron chi connectivity index (χ1n) is 8.30. The van der Waals surface area contributed by atoms with Crippen LogP contribution in [-0.2, 0) is 4.74 Å². The molecule has 1 fully saturated rings. The summed E-state index contributed by atoms with van der Waals surface area (Å²) in [5, 5.41) is 7.31. The average Bonchev–Trinajstić information content (AvgIpc) is 3.20. The molecule has 24 heavy (non-hydrogen) atoms. The number of fused-ring (bicyclic) bond motifs is 1. The molecule has 2 aliphatic rings. The van der Waals surface area contributed by atoms with Crippen molar-refractivity contribution in [3.8, 4) is 5.75 Å². The highest BCUT2D eigenvalue weighted by Crippen LogP contribution is 2.33. The van der Waals surface area contributed by atoms with Gasteiger partial charge in [-0.25, -0.2) is 4.98 Å². The molecule has 6 heteroatoms. The van der Waals surface area contributed by atoms with Crippen LogP contribution in [0.1, 0.15) is 29.7 Å². The molecule has 1 aromatic heterocycles. The lowest BCUT2D eigenvalue weighted by Crippen LogP contribution is -2.30. The van der Waals surface area contributed by atoms with E-state index >= 15 is 0 Å². The van der Waals surface area contributed by atoms with Gasteiger partial charge in [-0.05, 0) is 31.1 Å². The summed E-state index contributed by atoms with van der Waals surface area (Å²) in [5.74, 6) is 2.66. The van der Waals surface area contributed by atoms with E-state index in [1.165, 1.54) is 5.57 Å². The van der Waals surface area contributed by atoms with Gasteiger partial charge >= 0.3 is 0 Å². The molecule has 4 rings (SSSR count). The van der Waals surface area contributed by atoms with Gasteiger partial charge in [-0.3, -0.25) is 10.00 Å². The van der Waals surface area contributed by atoms with Gasteiger partial charge < -0.3 is 9.47 Å². The molecule has 6 nitrogen and oxygen atoms in total. The molecule has 1 N–H and O–H groups in total. The maximum atomic E-state index is 5.88. The number of aryl methyl sites for hydroxylation is 1. The Balaban J connectivity index is 1.55. The number of likely N-dealkylation sites (tertiary alicyclic amines) is 1. The van der Waals surface area contributed by atoms with Gasteiger partial charge in [-0.15, -0.1) is 0 Å². The Morgan fingerprint density at radius 1 is 1.38 bits per heavy atom. The van der Waals surface area contributed by atoms with E-state index in [1.54, 1.807) is 7.11 Å². The zero-order chi connectivity index (χ0) is 16.5. The van der Waals surface area contributed by atoms with Crippen molar-refractivity contribution in [2.45, 2.75) is 25.5 Å². The Hall–Kier alpha value is -2.18. The Bertz CT molecular complexity index is 755. The molecule has 126 valence electrons. The standard InChI is InChI=1S/C18H22N4O2/c1-12-19-18(21-20-12)16-8-15(23-2)10-22(16)9-13-7-14-5-3-4-6-17(14)24-11-13/h3-7,15-16H,8-11H2,1-2H3,(H,19,20,21)/t15-,16+/m1/s1. The normalized spacial score (nSPS) is 23.7. The van der Waals surface area contributed by atoms with Crippen molar-refractivity contribution in [1.82, 2.24) is 20.1 Å². The van der Waals surface area contributed by atoms with Crippen LogP contribution in [-0.4, -0.2) is 53.0 Å². The minimum atomic E-state index is 0.179. The van der Waals surface area contributed by atoms with Gasteiger partial charge in [0.1, 0.15) is 18.2 Å². The van der Waals surface area contributed by atoms with Crippen molar-refractivity contribution >= 4 is 6.08 Å². The summed E-state index contributed by atoms with van der Waals surface area (Å²) in [6, 6.07) is 8.32. The van der Waals surface area contributed by atoms with Gasteiger partial charge in [0.15, 0.2) is 5.82 Å². The first-order chi connectivity index (χ1) is 11.7. The lowest BCUT2D eigenvalue weighted by Gasteiger charge is -2.25. The summed E-state index contributed by atoms with van der Waals surface area (Å²) in [4.78, 5) is 6.91. The highest BCUT2D eigenvalue weighted by molar-refractivity contribution is 5.62. The zero-order valence-corrected chi connectivity index (χ0v) is 14.0. The number of methoxy groups -OCH3 is 1. The highest BCUT2D eigenvalue weighted by Gasteiger charge is 2.36. The molecule has 0 saturated carbocycles. The molecule has 2 atom stereocenters. The van der Waals surface area contributed by atoms with Crippen LogP contribution in [0.25, 0.3) is 6.08 Å². The Morgan fingerprint density at radius 3 is 3.04 bits per heavy atom. The number of hydrogen-bond acceptors (Lipinski definition) is 5. The number of benzene rings is 1. The average molecular weight is 326 g/mol. The van der Waals surface area contributed by atoms with Crippen molar-refractivity contribution < 1.29 is 9.47 Å². The maximum absolute atomic E-state index is 5.88. The third-order valence-corrected chi connectivity index (χ3v) is 4.71. The van der Waals surface area contributed by atoms with Crippen LogP contribution in [0.15, 0.2) is 29.8 Å². The number of aromatic amines is 1. The SMILES string of the molecule is CO[C@@H]1C[C@@H](c2n[nH]c(C)n2)N(CC2=Cc3ccccc3OC2)C1. The minimum absolute atomic E-state index is 0.179. The summed E-state index contributed by atoms with van der Waals surface area (Å²) in [6.07, 6.45) is 3.36. The molecule has 0 spiro atoms. The Kier molecular flexibility index (Phi) is 4.08. The number of nitrogens with zero attached hydrogens (tertiary/aromatic N) is 3. The van der Waals surface area contributed by atoms with E-state index < -0.39 is 0 Å². The molecular weight excluding hydrogens is 304 g/mol. The van der Waals surface area contributed by atoms with E-state index in [2.05, 4.69) is 32.2 Å². The van der Waals surface area contributed by atoms with Gasteiger partial charge in [0.2, 0.25) is 0 Å². The molecule has 1 saturated heterocycles. The number of nitrogens with one attached hydrogen (secondary N) is 1. The molecule has 0 amide bonds. The van der Waals surface area contributed by atoms with Gasteiger partial charge in [-0.1, -0.05) is 18.2 Å². The first-order valence-corrected chi connectivity index (χ1v) is 8.30. The highest BCUT2D eigenvalue weighted by atomic mass is 16.5. The number of ether oxygens (including phenoxy) is 2. The van der Waals surface area contributed by atoms with E-state index in [-0.39, 0.29) is 12.1 Å². The van der Waals surface area contributed by atoms with Crippen LogP contribution >= 0.6 is 0 Å². The summed E-state index contributed by atoms with van der Waals surface area (Å²) < 4.78 is 11.5. The van der Waals surface area contributed by atoms with E-state index in [1.807, 2.05) is 25.1 Å². The Labute approximate surface area is 141 Å². The van der Waals surface area contributed by atoms with Crippen molar-refractivity contribution in [1.29, 1.82) is 0 Å². The van der Waals surface area contributed by atoms with Crippen molar-refractivity contribution in [2.75, 3.05) is 26.8 Å². The number of H-pyrrole nitrogens is 1. The van der Waals surface area contributed by atoms with Crippen LogP contribution < -0.4 is 4.74 Å². The summed E-state index contributed by atoms with van der Waals surface area (Å²) >= 11 is 0. The lowest BCUT2D eigenvalue weighted by molar-refractivity contribution is 0.109. The van der Waals surface area contributed by atoms with Gasteiger partial charge in [0, 0.05) is 25.8 Å². The zero-order valence-electron chi connectivity index (χ0n) is 14.0. The van der Waals surface area contributed by atoms with Crippen LogP contribution in [0.5, 0.6) is 5.75 Å². The van der Waals surface area contributed by atoms with Crippen LogP contribution in [0.3, 0.4) is 0 Å². The van der Waals surface area contributed by atoms with E-state index in [0.717, 1.165) is 42.5 Å². The van der Waals surface area contributed by atoms with E-state index in [0.29, 0.717) is 6.61 Å². The molecule has 2 aliphatic heterocycles. The molecule has 0 aliphatic carbocycles. The maximum Gasteiger partial charge on any atom is 0.167 e. The quantitative estimate of drug-likeness (QED) is 0.934. The van der Waals surface area contributed by atoms with Crippen LogP contribution in [0.2, 0.25) is 0 Å². The van der Waals surface area contributed by atoms with E-state index in [9.17, 15) is 0 Å². The fourth-order valence-electron chi connectivity index (χ4n) is 3.50. The summed E-state index contributed by atoms with van der Waals surface area (Å²) in [5.41, 5.74) is 2.41.